The van der Waals surface area contributed by atoms with Crippen LogP contribution >= 0.6 is 0 Å². The Morgan fingerprint density at radius 1 is 1.11 bits per heavy atom. The highest BCUT2D eigenvalue weighted by Gasteiger charge is 2.30. The fourth-order valence-corrected chi connectivity index (χ4v) is 4.47. The first-order valence-electron chi connectivity index (χ1n) is 8.78. The van der Waals surface area contributed by atoms with Crippen molar-refractivity contribution in [1.29, 1.82) is 0 Å². The molecule has 0 amide bonds. The van der Waals surface area contributed by atoms with Gasteiger partial charge in [-0.3, -0.25) is 4.98 Å². The van der Waals surface area contributed by atoms with E-state index in [-0.39, 0.29) is 11.5 Å². The molecule has 144 valence electrons. The summed E-state index contributed by atoms with van der Waals surface area (Å²) in [5, 5.41) is 9.40. The number of hydrogen-bond donors (Lipinski definition) is 1. The summed E-state index contributed by atoms with van der Waals surface area (Å²) < 4.78 is 27.2. The number of carboxylic acid groups (broad SMARTS) is 1. The van der Waals surface area contributed by atoms with Crippen molar-refractivity contribution in [2.45, 2.75) is 18.8 Å². The quantitative estimate of drug-likeness (QED) is 0.848. The van der Waals surface area contributed by atoms with Crippen molar-refractivity contribution in [3.8, 4) is 11.3 Å². The number of aromatic carboxylic acids is 1. The zero-order chi connectivity index (χ0) is 19.6. The van der Waals surface area contributed by atoms with E-state index in [9.17, 15) is 18.3 Å². The Labute approximate surface area is 159 Å². The van der Waals surface area contributed by atoms with Crippen molar-refractivity contribution >= 4 is 16.2 Å². The van der Waals surface area contributed by atoms with E-state index < -0.39 is 16.2 Å². The molecule has 1 aromatic carbocycles. The Bertz CT molecular complexity index is 935. The molecule has 2 aromatic rings. The summed E-state index contributed by atoms with van der Waals surface area (Å²) in [5.74, 6) is -0.837. The van der Waals surface area contributed by atoms with E-state index >= 15 is 0 Å². The predicted octanol–water partition coefficient (Wildman–Crippen LogP) is 2.43. The number of nitrogens with zero attached hydrogens (tertiary/aromatic N) is 3. The van der Waals surface area contributed by atoms with Crippen LogP contribution in [-0.4, -0.2) is 60.3 Å². The highest BCUT2D eigenvalue weighted by Crippen LogP contribution is 2.30. The van der Waals surface area contributed by atoms with Crippen molar-refractivity contribution in [3.05, 3.63) is 53.7 Å². The molecular weight excluding hydrogens is 366 g/mol. The zero-order valence-electron chi connectivity index (χ0n) is 15.4. The van der Waals surface area contributed by atoms with Crippen LogP contribution in [0.5, 0.6) is 0 Å². The second kappa shape index (κ2) is 7.75. The van der Waals surface area contributed by atoms with Gasteiger partial charge in [-0.05, 0) is 31.0 Å². The highest BCUT2D eigenvalue weighted by molar-refractivity contribution is 7.86. The smallest absolute Gasteiger partial charge is 0.336 e. The first kappa shape index (κ1) is 19.5. The third-order valence-corrected chi connectivity index (χ3v) is 6.80. The summed E-state index contributed by atoms with van der Waals surface area (Å²) in [5.41, 5.74) is 2.29. The minimum absolute atomic E-state index is 0.149. The maximum atomic E-state index is 12.2. The van der Waals surface area contributed by atoms with Crippen LogP contribution in [0.2, 0.25) is 0 Å². The molecule has 1 fully saturated rings. The largest absolute Gasteiger partial charge is 0.478 e. The standard InChI is InChI=1S/C19H23N3O4S/c1-21(2)27(25,26)22-12-10-14(11-13-22)17-8-5-9-18(20-17)15-6-3-4-7-16(15)19(23)24/h3-9,14H,10-13H2,1-2H3,(H,23,24). The summed E-state index contributed by atoms with van der Waals surface area (Å²) in [7, 11) is -0.323. The molecule has 7 nitrogen and oxygen atoms in total. The van der Waals surface area contributed by atoms with Crippen LogP contribution in [0.1, 0.15) is 34.8 Å². The summed E-state index contributed by atoms with van der Waals surface area (Å²) >= 11 is 0. The maximum absolute atomic E-state index is 12.2. The lowest BCUT2D eigenvalue weighted by Crippen LogP contribution is -2.44. The second-order valence-corrected chi connectivity index (χ2v) is 8.90. The van der Waals surface area contributed by atoms with Crippen LogP contribution in [0.15, 0.2) is 42.5 Å². The molecule has 2 heterocycles. The third-order valence-electron chi connectivity index (χ3n) is 4.86. The van der Waals surface area contributed by atoms with E-state index in [1.54, 1.807) is 30.3 Å². The normalized spacial score (nSPS) is 16.6. The third kappa shape index (κ3) is 4.02. The monoisotopic (exact) mass is 389 g/mol. The van der Waals surface area contributed by atoms with Crippen LogP contribution in [0.3, 0.4) is 0 Å². The van der Waals surface area contributed by atoms with Gasteiger partial charge in [0, 0.05) is 44.4 Å². The molecule has 27 heavy (non-hydrogen) atoms. The average molecular weight is 389 g/mol. The molecule has 0 bridgehead atoms. The lowest BCUT2D eigenvalue weighted by atomic mass is 9.93. The Balaban J connectivity index is 1.81. The van der Waals surface area contributed by atoms with Gasteiger partial charge in [0.1, 0.15) is 0 Å². The SMILES string of the molecule is CN(C)S(=O)(=O)N1CCC(c2cccc(-c3ccccc3C(=O)O)n2)CC1. The van der Waals surface area contributed by atoms with Crippen LogP contribution in [0, 0.1) is 0 Å². The van der Waals surface area contributed by atoms with Crippen molar-refractivity contribution in [2.24, 2.45) is 0 Å². The number of aromatic nitrogens is 1. The van der Waals surface area contributed by atoms with Crippen molar-refractivity contribution < 1.29 is 18.3 Å². The number of carbonyl (C=O) groups is 1. The van der Waals surface area contributed by atoms with Crippen LogP contribution in [0.4, 0.5) is 0 Å². The van der Waals surface area contributed by atoms with Gasteiger partial charge < -0.3 is 5.11 Å². The fourth-order valence-electron chi connectivity index (χ4n) is 3.34. The molecule has 1 saturated heterocycles. The Morgan fingerprint density at radius 2 is 1.78 bits per heavy atom. The van der Waals surface area contributed by atoms with Crippen LogP contribution < -0.4 is 0 Å². The first-order chi connectivity index (χ1) is 12.8. The van der Waals surface area contributed by atoms with E-state index in [4.69, 9.17) is 4.98 Å². The molecular formula is C19H23N3O4S. The number of piperidine rings is 1. The van der Waals surface area contributed by atoms with E-state index in [1.165, 1.54) is 22.7 Å². The Morgan fingerprint density at radius 3 is 2.41 bits per heavy atom. The van der Waals surface area contributed by atoms with Gasteiger partial charge in [0.15, 0.2) is 0 Å². The van der Waals surface area contributed by atoms with Gasteiger partial charge >= 0.3 is 5.97 Å². The second-order valence-electron chi connectivity index (χ2n) is 6.76. The van der Waals surface area contributed by atoms with Crippen molar-refractivity contribution in [2.75, 3.05) is 27.2 Å². The lowest BCUT2D eigenvalue weighted by Gasteiger charge is -2.32. The summed E-state index contributed by atoms with van der Waals surface area (Å²) in [6.07, 6.45) is 1.37. The van der Waals surface area contributed by atoms with Gasteiger partial charge in [-0.2, -0.15) is 17.0 Å². The number of carboxylic acids is 1. The number of hydrogen-bond acceptors (Lipinski definition) is 4. The molecule has 1 aliphatic heterocycles. The molecule has 0 atom stereocenters. The molecule has 3 rings (SSSR count). The molecule has 0 radical (unpaired) electrons. The molecule has 1 N–H and O–H groups in total. The van der Waals surface area contributed by atoms with E-state index in [1.807, 2.05) is 12.1 Å². The summed E-state index contributed by atoms with van der Waals surface area (Å²) in [6.45, 7) is 0.894. The topological polar surface area (TPSA) is 90.8 Å². The maximum Gasteiger partial charge on any atom is 0.336 e. The molecule has 0 saturated carbocycles. The molecule has 1 aromatic heterocycles. The minimum atomic E-state index is -3.39. The molecule has 0 aliphatic carbocycles. The summed E-state index contributed by atoms with van der Waals surface area (Å²) in [4.78, 5) is 16.2. The molecule has 8 heteroatoms. The lowest BCUT2D eigenvalue weighted by molar-refractivity contribution is 0.0697. The van der Waals surface area contributed by atoms with Gasteiger partial charge in [0.05, 0.1) is 11.3 Å². The van der Waals surface area contributed by atoms with Crippen LogP contribution in [0.25, 0.3) is 11.3 Å². The fraction of sp³-hybridized carbons (Fsp3) is 0.368. The Kier molecular flexibility index (Phi) is 5.59. The zero-order valence-corrected chi connectivity index (χ0v) is 16.2. The highest BCUT2D eigenvalue weighted by atomic mass is 32.2. The number of rotatable bonds is 5. The predicted molar refractivity (Wildman–Crippen MR) is 103 cm³/mol. The number of benzene rings is 1. The van der Waals surface area contributed by atoms with Gasteiger partial charge in [-0.1, -0.05) is 24.3 Å². The van der Waals surface area contributed by atoms with Gasteiger partial charge in [-0.25, -0.2) is 4.79 Å². The Hall–Kier alpha value is -2.29. The van der Waals surface area contributed by atoms with E-state index in [0.29, 0.717) is 37.2 Å². The van der Waals surface area contributed by atoms with E-state index in [0.717, 1.165) is 5.69 Å². The van der Waals surface area contributed by atoms with Gasteiger partial charge in [0.2, 0.25) is 0 Å². The molecule has 1 aliphatic rings. The van der Waals surface area contributed by atoms with Gasteiger partial charge in [0.25, 0.3) is 10.2 Å². The van der Waals surface area contributed by atoms with Gasteiger partial charge in [-0.15, -0.1) is 0 Å². The summed E-state index contributed by atoms with van der Waals surface area (Å²) in [6, 6.07) is 12.4. The first-order valence-corrected chi connectivity index (χ1v) is 10.2. The van der Waals surface area contributed by atoms with Crippen LogP contribution in [-0.2, 0) is 10.2 Å². The van der Waals surface area contributed by atoms with E-state index in [2.05, 4.69) is 0 Å². The molecule has 0 spiro atoms. The minimum Gasteiger partial charge on any atom is -0.478 e. The molecule has 0 unspecified atom stereocenters. The van der Waals surface area contributed by atoms with Crippen molar-refractivity contribution in [3.63, 3.8) is 0 Å². The average Bonchev–Trinajstić information content (AvgIpc) is 2.68. The number of pyridine rings is 1. The van der Waals surface area contributed by atoms with Crippen molar-refractivity contribution in [1.82, 2.24) is 13.6 Å².